The van der Waals surface area contributed by atoms with Crippen LogP contribution in [0.25, 0.3) is 5.57 Å². The fourth-order valence-electron chi connectivity index (χ4n) is 2.02. The van der Waals surface area contributed by atoms with Gasteiger partial charge in [0.15, 0.2) is 5.75 Å². The molecule has 8 heteroatoms. The molecule has 3 aromatic rings. The lowest BCUT2D eigenvalue weighted by atomic mass is 10.2. The maximum Gasteiger partial charge on any atom is 0.216 e. The number of nitrogens with zero attached hydrogens (tertiary/aromatic N) is 4. The minimum absolute atomic E-state index is 0.212. The Bertz CT molecular complexity index is 898. The van der Waals surface area contributed by atoms with Gasteiger partial charge in [-0.05, 0) is 41.6 Å². The smallest absolute Gasteiger partial charge is 0.216 e. The molecule has 1 aromatic heterocycles. The molecule has 0 atom stereocenters. The monoisotopic (exact) mass is 334 g/mol. The van der Waals surface area contributed by atoms with E-state index in [1.807, 2.05) is 54.6 Å². The van der Waals surface area contributed by atoms with Gasteiger partial charge in [0.2, 0.25) is 5.82 Å². The maximum absolute atomic E-state index is 9.21. The lowest BCUT2D eigenvalue weighted by molar-refractivity contribution is 0.413. The first-order chi connectivity index (χ1) is 12.3. The number of tetrazole rings is 1. The first-order valence-corrected chi connectivity index (χ1v) is 7.31. The van der Waals surface area contributed by atoms with Gasteiger partial charge in [-0.1, -0.05) is 12.1 Å². The Morgan fingerprint density at radius 1 is 1.16 bits per heavy atom. The molecule has 0 fully saturated rings. The lowest BCUT2D eigenvalue weighted by Crippen LogP contribution is -1.95. The number of H-pyrrole nitrogens is 1. The molecule has 3 rings (SSSR count). The summed E-state index contributed by atoms with van der Waals surface area (Å²) < 4.78 is 11.0. The van der Waals surface area contributed by atoms with Gasteiger partial charge >= 0.3 is 0 Å². The van der Waals surface area contributed by atoms with Crippen LogP contribution in [-0.2, 0) is 0 Å². The van der Waals surface area contributed by atoms with Crippen molar-refractivity contribution in [3.63, 3.8) is 0 Å². The van der Waals surface area contributed by atoms with Gasteiger partial charge in [0.25, 0.3) is 0 Å². The zero-order valence-corrected chi connectivity index (χ0v) is 13.3. The number of ether oxygens (including phenoxy) is 2. The van der Waals surface area contributed by atoms with Crippen molar-refractivity contribution in [1.29, 1.82) is 5.26 Å². The predicted molar refractivity (Wildman–Crippen MR) is 90.9 cm³/mol. The van der Waals surface area contributed by atoms with Crippen LogP contribution in [0.4, 0.5) is 5.69 Å². The molecule has 2 aromatic carbocycles. The van der Waals surface area contributed by atoms with Crippen LogP contribution in [0.5, 0.6) is 17.2 Å². The van der Waals surface area contributed by atoms with Crippen LogP contribution in [0, 0.1) is 11.3 Å². The molecule has 0 aliphatic rings. The minimum Gasteiger partial charge on any atom is -0.497 e. The number of para-hydroxylation sites is 2. The molecule has 124 valence electrons. The molecular formula is C17H14N6O2. The summed E-state index contributed by atoms with van der Waals surface area (Å²) in [6.07, 6.45) is 1.50. The van der Waals surface area contributed by atoms with Crippen molar-refractivity contribution in [3.05, 3.63) is 60.6 Å². The number of nitrogens with one attached hydrogen (secondary N) is 2. The van der Waals surface area contributed by atoms with Gasteiger partial charge in [0.05, 0.1) is 12.8 Å². The first-order valence-electron chi connectivity index (χ1n) is 7.31. The van der Waals surface area contributed by atoms with Gasteiger partial charge in [-0.2, -0.15) is 10.5 Å². The summed E-state index contributed by atoms with van der Waals surface area (Å²) in [6, 6.07) is 16.6. The average molecular weight is 334 g/mol. The predicted octanol–water partition coefficient (Wildman–Crippen LogP) is 2.98. The van der Waals surface area contributed by atoms with E-state index in [1.54, 1.807) is 7.11 Å². The maximum atomic E-state index is 9.21. The Morgan fingerprint density at radius 2 is 1.92 bits per heavy atom. The second-order valence-corrected chi connectivity index (χ2v) is 4.82. The van der Waals surface area contributed by atoms with Crippen LogP contribution in [0.1, 0.15) is 5.82 Å². The summed E-state index contributed by atoms with van der Waals surface area (Å²) in [5, 5.41) is 25.6. The molecule has 0 saturated carbocycles. The SMILES string of the molecule is COc1ccc(Oc2ccccc2NC=C(C#N)c2nn[nH]n2)cc1. The number of aromatic amines is 1. The van der Waals surface area contributed by atoms with E-state index in [4.69, 9.17) is 9.47 Å². The highest BCUT2D eigenvalue weighted by Crippen LogP contribution is 2.30. The summed E-state index contributed by atoms with van der Waals surface area (Å²) in [5.41, 5.74) is 0.933. The number of nitriles is 1. The molecule has 0 amide bonds. The van der Waals surface area contributed by atoms with E-state index in [2.05, 4.69) is 25.9 Å². The number of aromatic nitrogens is 4. The molecule has 2 N–H and O–H groups in total. The van der Waals surface area contributed by atoms with Crippen molar-refractivity contribution in [2.75, 3.05) is 12.4 Å². The van der Waals surface area contributed by atoms with E-state index < -0.39 is 0 Å². The van der Waals surface area contributed by atoms with Crippen molar-refractivity contribution in [3.8, 4) is 23.3 Å². The van der Waals surface area contributed by atoms with E-state index in [0.717, 1.165) is 5.75 Å². The number of hydrogen-bond donors (Lipinski definition) is 2. The zero-order valence-electron chi connectivity index (χ0n) is 13.3. The zero-order chi connectivity index (χ0) is 17.5. The van der Waals surface area contributed by atoms with E-state index in [0.29, 0.717) is 17.2 Å². The molecule has 0 aliphatic carbocycles. The van der Waals surface area contributed by atoms with Crippen molar-refractivity contribution >= 4 is 11.3 Å². The Morgan fingerprint density at radius 3 is 2.60 bits per heavy atom. The summed E-state index contributed by atoms with van der Waals surface area (Å²) in [7, 11) is 1.61. The third-order valence-electron chi connectivity index (χ3n) is 3.25. The summed E-state index contributed by atoms with van der Waals surface area (Å²) in [6.45, 7) is 0. The summed E-state index contributed by atoms with van der Waals surface area (Å²) in [4.78, 5) is 0. The molecular weight excluding hydrogens is 320 g/mol. The van der Waals surface area contributed by atoms with Crippen molar-refractivity contribution in [1.82, 2.24) is 20.6 Å². The third-order valence-corrected chi connectivity index (χ3v) is 3.25. The second kappa shape index (κ2) is 7.61. The van der Waals surface area contributed by atoms with Crippen molar-refractivity contribution < 1.29 is 9.47 Å². The van der Waals surface area contributed by atoms with Crippen LogP contribution in [0.3, 0.4) is 0 Å². The van der Waals surface area contributed by atoms with Gasteiger partial charge in [0, 0.05) is 6.20 Å². The average Bonchev–Trinajstić information content (AvgIpc) is 3.19. The lowest BCUT2D eigenvalue weighted by Gasteiger charge is -2.11. The van der Waals surface area contributed by atoms with Gasteiger partial charge in [-0.15, -0.1) is 10.2 Å². The van der Waals surface area contributed by atoms with Gasteiger partial charge in [-0.25, -0.2) is 0 Å². The molecule has 0 aliphatic heterocycles. The van der Waals surface area contributed by atoms with Crippen molar-refractivity contribution in [2.45, 2.75) is 0 Å². The first kappa shape index (κ1) is 16.0. The number of hydrogen-bond acceptors (Lipinski definition) is 7. The Kier molecular flexibility index (Phi) is 4.87. The fourth-order valence-corrected chi connectivity index (χ4v) is 2.02. The van der Waals surface area contributed by atoms with Gasteiger partial charge < -0.3 is 14.8 Å². The molecule has 0 spiro atoms. The molecule has 8 nitrogen and oxygen atoms in total. The van der Waals surface area contributed by atoms with Crippen LogP contribution in [-0.4, -0.2) is 27.7 Å². The van der Waals surface area contributed by atoms with E-state index in [1.165, 1.54) is 6.20 Å². The largest absolute Gasteiger partial charge is 0.497 e. The summed E-state index contributed by atoms with van der Waals surface area (Å²) in [5.74, 6) is 2.23. The normalized spacial score (nSPS) is 10.8. The third kappa shape index (κ3) is 3.92. The number of methoxy groups -OCH3 is 1. The quantitative estimate of drug-likeness (QED) is 0.667. The minimum atomic E-state index is 0.212. The molecule has 0 radical (unpaired) electrons. The van der Waals surface area contributed by atoms with Crippen LogP contribution in [0.2, 0.25) is 0 Å². The van der Waals surface area contributed by atoms with E-state index >= 15 is 0 Å². The van der Waals surface area contributed by atoms with Crippen LogP contribution >= 0.6 is 0 Å². The second-order valence-electron chi connectivity index (χ2n) is 4.82. The molecule has 25 heavy (non-hydrogen) atoms. The van der Waals surface area contributed by atoms with Crippen molar-refractivity contribution in [2.24, 2.45) is 0 Å². The highest BCUT2D eigenvalue weighted by Gasteiger charge is 2.07. The van der Waals surface area contributed by atoms with Gasteiger partial charge in [-0.3, -0.25) is 0 Å². The number of benzene rings is 2. The standard InChI is InChI=1S/C17H14N6O2/c1-24-13-6-8-14(9-7-13)25-16-5-3-2-4-15(16)19-11-12(10-18)17-20-22-23-21-17/h2-9,11,19H,1H3,(H,20,21,22,23). The highest BCUT2D eigenvalue weighted by atomic mass is 16.5. The Labute approximate surface area is 143 Å². The highest BCUT2D eigenvalue weighted by molar-refractivity contribution is 5.75. The number of rotatable bonds is 6. The fraction of sp³-hybridized carbons (Fsp3) is 0.0588. The Hall–Kier alpha value is -3.86. The summed E-state index contributed by atoms with van der Waals surface area (Å²) >= 11 is 0. The van der Waals surface area contributed by atoms with E-state index in [-0.39, 0.29) is 11.4 Å². The Balaban J connectivity index is 1.80. The molecule has 0 bridgehead atoms. The molecule has 0 unspecified atom stereocenters. The topological polar surface area (TPSA) is 109 Å². The molecule has 1 heterocycles. The molecule has 0 saturated heterocycles. The van der Waals surface area contributed by atoms with Crippen LogP contribution in [0.15, 0.2) is 54.7 Å². The van der Waals surface area contributed by atoms with Gasteiger partial charge in [0.1, 0.15) is 23.1 Å². The number of anilines is 1. The van der Waals surface area contributed by atoms with E-state index in [9.17, 15) is 5.26 Å². The van der Waals surface area contributed by atoms with Crippen LogP contribution < -0.4 is 14.8 Å². The number of allylic oxidation sites excluding steroid dienone is 1.